The molecule has 2 nitrogen and oxygen atoms in total. The number of likely N-dealkylation sites (N-methyl/N-ethyl adjacent to an activating group) is 1. The summed E-state index contributed by atoms with van der Waals surface area (Å²) in [4.78, 5) is 11.2. The average molecular weight is 139 g/mol. The lowest BCUT2D eigenvalue weighted by Crippen LogP contribution is -2.37. The molecule has 0 saturated heterocycles. The van der Waals surface area contributed by atoms with Crippen LogP contribution in [-0.4, -0.2) is 18.4 Å². The predicted octanol–water partition coefficient (Wildman–Crippen LogP) is 0.717. The van der Waals surface area contributed by atoms with Crippen molar-refractivity contribution >= 4 is 5.78 Å². The van der Waals surface area contributed by atoms with Gasteiger partial charge in [0.1, 0.15) is 5.78 Å². The van der Waals surface area contributed by atoms with Crippen LogP contribution in [0.1, 0.15) is 26.2 Å². The van der Waals surface area contributed by atoms with Gasteiger partial charge in [0.2, 0.25) is 0 Å². The lowest BCUT2D eigenvalue weighted by atomic mass is 10.1. The minimum atomic E-state index is -0.0903. The predicted molar refractivity (Wildman–Crippen MR) is 38.8 cm³/mol. The summed E-state index contributed by atoms with van der Waals surface area (Å²) in [6.07, 6.45) is 3.60. The fraction of sp³-hybridized carbons (Fsp3) is 0.875. The Bertz CT molecular complexity index is 195. The Kier molecular flexibility index (Phi) is 0.919. The van der Waals surface area contributed by atoms with Crippen molar-refractivity contribution in [1.29, 1.82) is 0 Å². The Morgan fingerprint density at radius 1 is 1.50 bits per heavy atom. The van der Waals surface area contributed by atoms with Gasteiger partial charge < -0.3 is 5.32 Å². The second kappa shape index (κ2) is 1.45. The van der Waals surface area contributed by atoms with Crippen molar-refractivity contribution in [2.24, 2.45) is 5.41 Å². The molecule has 0 amide bonds. The third-order valence-corrected chi connectivity index (χ3v) is 3.27. The summed E-state index contributed by atoms with van der Waals surface area (Å²) < 4.78 is 0. The molecule has 2 aliphatic carbocycles. The van der Waals surface area contributed by atoms with E-state index in [0.29, 0.717) is 11.2 Å². The molecule has 1 spiro atoms. The Morgan fingerprint density at radius 2 is 2.10 bits per heavy atom. The molecular weight excluding hydrogens is 126 g/mol. The molecule has 10 heavy (non-hydrogen) atoms. The topological polar surface area (TPSA) is 29.1 Å². The van der Waals surface area contributed by atoms with Crippen LogP contribution in [0.2, 0.25) is 0 Å². The maximum absolute atomic E-state index is 11.2. The third-order valence-electron chi connectivity index (χ3n) is 3.27. The van der Waals surface area contributed by atoms with E-state index in [9.17, 15) is 4.79 Å². The van der Waals surface area contributed by atoms with Crippen molar-refractivity contribution in [3.63, 3.8) is 0 Å². The van der Waals surface area contributed by atoms with Crippen LogP contribution in [0.25, 0.3) is 0 Å². The molecule has 1 N–H and O–H groups in total. The number of carbonyl (C=O) groups is 1. The molecule has 0 heterocycles. The summed E-state index contributed by atoms with van der Waals surface area (Å²) >= 11 is 0. The van der Waals surface area contributed by atoms with E-state index in [4.69, 9.17) is 0 Å². The van der Waals surface area contributed by atoms with Crippen LogP contribution in [0, 0.1) is 5.41 Å². The molecule has 2 heteroatoms. The third kappa shape index (κ3) is 0.473. The number of Topliss-reactive ketones (excluding diaryl/α,β-unsaturated/α-hetero) is 1. The zero-order valence-corrected chi connectivity index (χ0v) is 6.53. The van der Waals surface area contributed by atoms with Gasteiger partial charge in [-0.3, -0.25) is 4.79 Å². The van der Waals surface area contributed by atoms with Crippen LogP contribution >= 0.6 is 0 Å². The number of hydrogen-bond donors (Lipinski definition) is 1. The van der Waals surface area contributed by atoms with Gasteiger partial charge in [0.25, 0.3) is 0 Å². The molecule has 2 fully saturated rings. The van der Waals surface area contributed by atoms with E-state index in [0.717, 1.165) is 6.42 Å². The van der Waals surface area contributed by atoms with Gasteiger partial charge in [-0.2, -0.15) is 0 Å². The molecular formula is C8H13NO. The van der Waals surface area contributed by atoms with Crippen LogP contribution in [0.15, 0.2) is 0 Å². The van der Waals surface area contributed by atoms with Crippen LogP contribution in [0.5, 0.6) is 0 Å². The van der Waals surface area contributed by atoms with Gasteiger partial charge in [-0.25, -0.2) is 0 Å². The lowest BCUT2D eigenvalue weighted by molar-refractivity contribution is -0.120. The second-order valence-corrected chi connectivity index (χ2v) is 3.67. The number of ketones is 1. The highest BCUT2D eigenvalue weighted by Gasteiger charge is 2.75. The van der Waals surface area contributed by atoms with Gasteiger partial charge in [0.15, 0.2) is 0 Å². The Morgan fingerprint density at radius 3 is 2.20 bits per heavy atom. The van der Waals surface area contributed by atoms with Crippen molar-refractivity contribution < 1.29 is 4.79 Å². The van der Waals surface area contributed by atoms with Crippen LogP contribution < -0.4 is 5.32 Å². The van der Waals surface area contributed by atoms with Crippen molar-refractivity contribution in [3.8, 4) is 0 Å². The summed E-state index contributed by atoms with van der Waals surface area (Å²) in [6.45, 7) is 1.70. The van der Waals surface area contributed by atoms with Crippen LogP contribution in [-0.2, 0) is 4.79 Å². The van der Waals surface area contributed by atoms with Crippen LogP contribution in [0.3, 0.4) is 0 Å². The molecule has 0 radical (unpaired) electrons. The van der Waals surface area contributed by atoms with Gasteiger partial charge in [0, 0.05) is 0 Å². The minimum Gasteiger partial charge on any atom is -0.308 e. The molecule has 0 aromatic carbocycles. The fourth-order valence-corrected chi connectivity index (χ4v) is 2.25. The normalized spacial score (nSPS) is 39.8. The number of rotatable bonds is 2. The van der Waals surface area contributed by atoms with Crippen LogP contribution in [0.4, 0.5) is 0 Å². The molecule has 56 valence electrons. The Labute approximate surface area is 61.0 Å². The van der Waals surface area contributed by atoms with Gasteiger partial charge in [-0.1, -0.05) is 0 Å². The SMILES string of the molecule is CN[C@]1(C(C)=O)CC12CC2. The number of nitrogens with one attached hydrogen (secondary N) is 1. The largest absolute Gasteiger partial charge is 0.308 e. The maximum atomic E-state index is 11.2. The summed E-state index contributed by atoms with van der Waals surface area (Å²) in [5.74, 6) is 0.326. The summed E-state index contributed by atoms with van der Waals surface area (Å²) in [5, 5.41) is 3.16. The minimum absolute atomic E-state index is 0.0903. The Hall–Kier alpha value is -0.370. The van der Waals surface area contributed by atoms with E-state index >= 15 is 0 Å². The zero-order valence-electron chi connectivity index (χ0n) is 6.53. The summed E-state index contributed by atoms with van der Waals surface area (Å²) in [5.41, 5.74) is 0.334. The molecule has 2 rings (SSSR count). The highest BCUT2D eigenvalue weighted by atomic mass is 16.1. The van der Waals surface area contributed by atoms with E-state index in [-0.39, 0.29) is 5.54 Å². The first-order chi connectivity index (χ1) is 4.67. The van der Waals surface area contributed by atoms with E-state index in [1.807, 2.05) is 7.05 Å². The second-order valence-electron chi connectivity index (χ2n) is 3.67. The molecule has 0 bridgehead atoms. The number of hydrogen-bond acceptors (Lipinski definition) is 2. The van der Waals surface area contributed by atoms with E-state index in [1.54, 1.807) is 6.92 Å². The van der Waals surface area contributed by atoms with Gasteiger partial charge in [0.05, 0.1) is 5.54 Å². The molecule has 2 aliphatic rings. The lowest BCUT2D eigenvalue weighted by Gasteiger charge is -2.10. The molecule has 0 aromatic heterocycles. The Balaban J connectivity index is 2.20. The smallest absolute Gasteiger partial charge is 0.150 e. The first-order valence-corrected chi connectivity index (χ1v) is 3.87. The van der Waals surface area contributed by atoms with Crippen molar-refractivity contribution in [3.05, 3.63) is 0 Å². The first-order valence-electron chi connectivity index (χ1n) is 3.87. The summed E-state index contributed by atoms with van der Waals surface area (Å²) in [7, 11) is 1.90. The van der Waals surface area contributed by atoms with Gasteiger partial charge in [-0.15, -0.1) is 0 Å². The van der Waals surface area contributed by atoms with Gasteiger partial charge in [-0.05, 0) is 38.6 Å². The highest BCUT2D eigenvalue weighted by Crippen LogP contribution is 2.73. The first kappa shape index (κ1) is 6.35. The summed E-state index contributed by atoms with van der Waals surface area (Å²) in [6, 6.07) is 0. The van der Waals surface area contributed by atoms with E-state index < -0.39 is 0 Å². The highest BCUT2D eigenvalue weighted by molar-refractivity contribution is 5.92. The molecule has 2 saturated carbocycles. The van der Waals surface area contributed by atoms with Crippen molar-refractivity contribution in [2.45, 2.75) is 31.7 Å². The number of carbonyl (C=O) groups excluding carboxylic acids is 1. The van der Waals surface area contributed by atoms with E-state index in [1.165, 1.54) is 12.8 Å². The molecule has 1 atom stereocenters. The van der Waals surface area contributed by atoms with Crippen molar-refractivity contribution in [1.82, 2.24) is 5.32 Å². The molecule has 0 aromatic rings. The molecule has 0 unspecified atom stereocenters. The monoisotopic (exact) mass is 139 g/mol. The fourth-order valence-electron chi connectivity index (χ4n) is 2.25. The maximum Gasteiger partial charge on any atom is 0.150 e. The standard InChI is InChI=1S/C8H13NO/c1-6(10)8(9-2)5-7(8)3-4-7/h9H,3-5H2,1-2H3/t8-/m0/s1. The average Bonchev–Trinajstić information content (AvgIpc) is 2.74. The van der Waals surface area contributed by atoms with Gasteiger partial charge >= 0.3 is 0 Å². The molecule has 0 aliphatic heterocycles. The zero-order chi connectivity index (χ0) is 7.41. The van der Waals surface area contributed by atoms with E-state index in [2.05, 4.69) is 5.32 Å². The quantitative estimate of drug-likeness (QED) is 0.610. The van der Waals surface area contributed by atoms with Crippen molar-refractivity contribution in [2.75, 3.05) is 7.05 Å².